The van der Waals surface area contributed by atoms with Crippen molar-refractivity contribution in [2.24, 2.45) is 0 Å². The van der Waals surface area contributed by atoms with E-state index in [-0.39, 0.29) is 0 Å². The molecular formula is C59H54O4. The van der Waals surface area contributed by atoms with E-state index in [1.165, 1.54) is 22.3 Å². The summed E-state index contributed by atoms with van der Waals surface area (Å²) in [5.41, 5.74) is 12.0. The van der Waals surface area contributed by atoms with E-state index < -0.39 is 29.2 Å². The van der Waals surface area contributed by atoms with Gasteiger partial charge < -0.3 is 19.7 Å². The van der Waals surface area contributed by atoms with Gasteiger partial charge >= 0.3 is 0 Å². The van der Waals surface area contributed by atoms with Gasteiger partial charge in [0.05, 0.1) is 0 Å². The zero-order valence-electron chi connectivity index (χ0n) is 36.8. The summed E-state index contributed by atoms with van der Waals surface area (Å²) < 4.78 is 13.9. The maximum atomic E-state index is 13.8. The molecule has 9 rings (SSSR count). The lowest BCUT2D eigenvalue weighted by molar-refractivity contribution is -0.172. The Morgan fingerprint density at radius 3 is 0.635 bits per heavy atom. The van der Waals surface area contributed by atoms with Crippen molar-refractivity contribution in [2.75, 3.05) is 0 Å². The van der Waals surface area contributed by atoms with Crippen LogP contribution in [0.1, 0.15) is 58.4 Å². The van der Waals surface area contributed by atoms with E-state index in [0.717, 1.165) is 44.5 Å². The second-order valence-corrected chi connectivity index (χ2v) is 17.8. The Labute approximate surface area is 372 Å². The Morgan fingerprint density at radius 2 is 0.460 bits per heavy atom. The Bertz CT molecular complexity index is 2430. The molecule has 0 amide bonds. The first kappa shape index (κ1) is 41.9. The molecule has 1 fully saturated rings. The fourth-order valence-electron chi connectivity index (χ4n) is 9.01. The van der Waals surface area contributed by atoms with Crippen LogP contribution in [0.5, 0.6) is 0 Å². The van der Waals surface area contributed by atoms with Crippen LogP contribution < -0.4 is 0 Å². The molecule has 0 spiro atoms. The summed E-state index contributed by atoms with van der Waals surface area (Å²) in [7, 11) is 0. The smallest absolute Gasteiger partial charge is 0.164 e. The van der Waals surface area contributed by atoms with Gasteiger partial charge in [0, 0.05) is 0 Å². The van der Waals surface area contributed by atoms with Gasteiger partial charge in [0.15, 0.2) is 5.79 Å². The van der Waals surface area contributed by atoms with E-state index in [1.54, 1.807) is 0 Å². The van der Waals surface area contributed by atoms with Gasteiger partial charge in [-0.05, 0) is 108 Å². The number of benzene rings is 8. The summed E-state index contributed by atoms with van der Waals surface area (Å²) in [4.78, 5) is 0. The molecule has 1 aliphatic rings. The van der Waals surface area contributed by atoms with Crippen LogP contribution in [0.25, 0.3) is 44.5 Å². The second kappa shape index (κ2) is 16.7. The fourth-order valence-corrected chi connectivity index (χ4v) is 9.01. The first-order valence-corrected chi connectivity index (χ1v) is 21.8. The Hall–Kier alpha value is -6.40. The highest BCUT2D eigenvalue weighted by atomic mass is 16.8. The van der Waals surface area contributed by atoms with Crippen molar-refractivity contribution >= 4 is 0 Å². The molecule has 8 aromatic carbocycles. The molecule has 4 nitrogen and oxygen atoms in total. The van der Waals surface area contributed by atoms with Crippen LogP contribution in [-0.2, 0) is 20.7 Å². The fraction of sp³-hybridized carbons (Fsp3) is 0.186. The quantitative estimate of drug-likeness (QED) is 0.144. The van der Waals surface area contributed by atoms with Crippen molar-refractivity contribution in [3.05, 3.63) is 239 Å². The van der Waals surface area contributed by atoms with Crippen LogP contribution in [0.15, 0.2) is 194 Å². The Kier molecular flexibility index (Phi) is 11.1. The van der Waals surface area contributed by atoms with Gasteiger partial charge in [-0.25, -0.2) is 0 Å². The summed E-state index contributed by atoms with van der Waals surface area (Å²) in [5, 5.41) is 27.6. The molecular weight excluding hydrogens is 773 g/mol. The molecule has 4 heteroatoms. The van der Waals surface area contributed by atoms with Gasteiger partial charge in [-0.15, -0.1) is 0 Å². The normalized spacial score (nSPS) is 16.3. The molecule has 1 heterocycles. The molecule has 0 aromatic heterocycles. The third-order valence-electron chi connectivity index (χ3n) is 12.8. The van der Waals surface area contributed by atoms with Gasteiger partial charge in [0.25, 0.3) is 0 Å². The number of ether oxygens (including phenoxy) is 2. The molecule has 0 unspecified atom stereocenters. The topological polar surface area (TPSA) is 58.9 Å². The minimum atomic E-state index is -1.80. The van der Waals surface area contributed by atoms with Crippen molar-refractivity contribution in [1.82, 2.24) is 0 Å². The molecule has 2 N–H and O–H groups in total. The average molecular weight is 827 g/mol. The van der Waals surface area contributed by atoms with Gasteiger partial charge in [-0.2, -0.15) is 0 Å². The molecule has 0 radical (unpaired) electrons. The molecule has 0 aliphatic carbocycles. The SMILES string of the molecule is Cc1ccc(-c2ccc(C(O)(c3ccc(-c4ccc(C)cc4)cc3)[C@@H]3OC(C)(C)O[C@H]3C(O)(c3ccc(-c4ccc(C)cc4)cc3)c3ccc(-c4ccc(C)cc4)cc3)cc2)cc1. The van der Waals surface area contributed by atoms with Crippen molar-refractivity contribution in [3.63, 3.8) is 0 Å². The minimum Gasteiger partial charge on any atom is -0.378 e. The van der Waals surface area contributed by atoms with Crippen LogP contribution in [0, 0.1) is 27.7 Å². The van der Waals surface area contributed by atoms with Crippen molar-refractivity contribution < 1.29 is 19.7 Å². The van der Waals surface area contributed by atoms with Crippen molar-refractivity contribution in [2.45, 2.75) is 70.7 Å². The van der Waals surface area contributed by atoms with Crippen molar-refractivity contribution in [3.8, 4) is 44.5 Å². The second-order valence-electron chi connectivity index (χ2n) is 17.8. The highest BCUT2D eigenvalue weighted by molar-refractivity contribution is 5.68. The summed E-state index contributed by atoms with van der Waals surface area (Å²) in [6.07, 6.45) is -2.19. The average Bonchev–Trinajstić information content (AvgIpc) is 3.65. The highest BCUT2D eigenvalue weighted by Gasteiger charge is 2.61. The molecule has 1 saturated heterocycles. The van der Waals surface area contributed by atoms with E-state index in [2.05, 4.69) is 125 Å². The predicted octanol–water partition coefficient (Wildman–Crippen LogP) is 13.3. The number of hydrogen-bond acceptors (Lipinski definition) is 4. The molecule has 2 atom stereocenters. The van der Waals surface area contributed by atoms with E-state index in [0.29, 0.717) is 22.3 Å². The summed E-state index contributed by atoms with van der Waals surface area (Å²) in [5.74, 6) is -1.19. The lowest BCUT2D eigenvalue weighted by atomic mass is 9.71. The molecule has 63 heavy (non-hydrogen) atoms. The third-order valence-corrected chi connectivity index (χ3v) is 12.8. The maximum absolute atomic E-state index is 13.8. The van der Waals surface area contributed by atoms with Crippen LogP contribution in [-0.4, -0.2) is 28.2 Å². The first-order chi connectivity index (χ1) is 30.3. The van der Waals surface area contributed by atoms with E-state index in [9.17, 15) is 10.2 Å². The summed E-state index contributed by atoms with van der Waals surface area (Å²) >= 11 is 0. The number of aryl methyl sites for hydroxylation is 4. The maximum Gasteiger partial charge on any atom is 0.164 e. The summed E-state index contributed by atoms with van der Waals surface area (Å²) in [6.45, 7) is 12.0. The van der Waals surface area contributed by atoms with Crippen LogP contribution in [0.3, 0.4) is 0 Å². The van der Waals surface area contributed by atoms with E-state index >= 15 is 0 Å². The zero-order valence-corrected chi connectivity index (χ0v) is 36.8. The van der Waals surface area contributed by atoms with E-state index in [1.807, 2.05) is 111 Å². The van der Waals surface area contributed by atoms with Gasteiger partial charge in [-0.1, -0.05) is 216 Å². The number of rotatable bonds is 10. The standard InChI is InChI=1S/C59H54O4/c1-39-7-15-43(16-8-39)47-23-31-51(32-24-47)58(60,52-33-25-48(26-34-52)44-17-9-40(2)10-18-44)55-56(63-57(5,6)62-55)59(61,53-35-27-49(28-36-53)45-19-11-41(3)12-20-45)54-37-29-50(30-38-54)46-21-13-42(4)14-22-46/h7-38,55-56,60-61H,1-6H3/t55-,56-/m1/s1. The van der Waals surface area contributed by atoms with Crippen LogP contribution in [0.4, 0.5) is 0 Å². The molecule has 0 saturated carbocycles. The van der Waals surface area contributed by atoms with E-state index in [4.69, 9.17) is 9.47 Å². The van der Waals surface area contributed by atoms with Gasteiger partial charge in [-0.3, -0.25) is 0 Å². The van der Waals surface area contributed by atoms with Crippen LogP contribution >= 0.6 is 0 Å². The highest BCUT2D eigenvalue weighted by Crippen LogP contribution is 2.51. The predicted molar refractivity (Wildman–Crippen MR) is 256 cm³/mol. The Morgan fingerprint density at radius 1 is 0.302 bits per heavy atom. The number of hydrogen-bond donors (Lipinski definition) is 2. The van der Waals surface area contributed by atoms with Gasteiger partial charge in [0.2, 0.25) is 0 Å². The monoisotopic (exact) mass is 826 g/mol. The number of aliphatic hydroxyl groups is 2. The minimum absolute atomic E-state index is 0.615. The Balaban J connectivity index is 1.21. The third kappa shape index (κ3) is 8.20. The lowest BCUT2D eigenvalue weighted by Crippen LogP contribution is -2.55. The van der Waals surface area contributed by atoms with Crippen LogP contribution in [0.2, 0.25) is 0 Å². The molecule has 8 aromatic rings. The van der Waals surface area contributed by atoms with Crippen molar-refractivity contribution in [1.29, 1.82) is 0 Å². The molecule has 314 valence electrons. The first-order valence-electron chi connectivity index (χ1n) is 21.8. The van der Waals surface area contributed by atoms with Gasteiger partial charge in [0.1, 0.15) is 23.4 Å². The molecule has 1 aliphatic heterocycles. The lowest BCUT2D eigenvalue weighted by Gasteiger charge is -2.42. The molecule has 0 bridgehead atoms. The largest absolute Gasteiger partial charge is 0.378 e. The zero-order chi connectivity index (χ0) is 43.9. The summed E-state index contributed by atoms with van der Waals surface area (Å²) in [6, 6.07) is 65.9.